The molecule has 0 aromatic carbocycles. The van der Waals surface area contributed by atoms with Gasteiger partial charge in [0.2, 0.25) is 0 Å². The Morgan fingerprint density at radius 3 is 2.75 bits per heavy atom. The van der Waals surface area contributed by atoms with Gasteiger partial charge in [0.1, 0.15) is 12.7 Å². The number of hydrogen-bond donors (Lipinski definition) is 1. The van der Waals surface area contributed by atoms with Gasteiger partial charge in [0.15, 0.2) is 0 Å². The molecule has 16 heavy (non-hydrogen) atoms. The summed E-state index contributed by atoms with van der Waals surface area (Å²) in [5.41, 5.74) is 0.396. The third kappa shape index (κ3) is 1.56. The van der Waals surface area contributed by atoms with Crippen molar-refractivity contribution in [3.05, 3.63) is 12.7 Å². The van der Waals surface area contributed by atoms with Crippen molar-refractivity contribution in [3.8, 4) is 0 Å². The molecule has 2 unspecified atom stereocenters. The Bertz CT molecular complexity index is 343. The zero-order valence-electron chi connectivity index (χ0n) is 9.55. The van der Waals surface area contributed by atoms with Crippen LogP contribution >= 0.6 is 0 Å². The summed E-state index contributed by atoms with van der Waals surface area (Å²) in [5.74, 6) is 0. The smallest absolute Gasteiger partial charge is 0.137 e. The van der Waals surface area contributed by atoms with E-state index in [1.54, 1.807) is 6.33 Å². The first-order chi connectivity index (χ1) is 7.80. The van der Waals surface area contributed by atoms with Crippen LogP contribution in [0.5, 0.6) is 0 Å². The van der Waals surface area contributed by atoms with Crippen LogP contribution < -0.4 is 0 Å². The molecule has 0 amide bonds. The van der Waals surface area contributed by atoms with Crippen molar-refractivity contribution >= 4 is 0 Å². The summed E-state index contributed by atoms with van der Waals surface area (Å²) < 4.78 is 1.98. The van der Waals surface area contributed by atoms with E-state index >= 15 is 0 Å². The highest BCUT2D eigenvalue weighted by atomic mass is 16.3. The Labute approximate surface area is 95.7 Å². The lowest BCUT2D eigenvalue weighted by atomic mass is 9.68. The Hall–Kier alpha value is -0.900. The molecule has 0 saturated heterocycles. The molecule has 2 aliphatic rings. The van der Waals surface area contributed by atoms with E-state index in [-0.39, 0.29) is 6.10 Å². The molecule has 88 valence electrons. The van der Waals surface area contributed by atoms with Gasteiger partial charge in [0.05, 0.1) is 12.1 Å². The van der Waals surface area contributed by atoms with Crippen LogP contribution in [0.15, 0.2) is 12.7 Å². The summed E-state index contributed by atoms with van der Waals surface area (Å²) in [7, 11) is 0. The minimum atomic E-state index is -0.152. The maximum absolute atomic E-state index is 9.86. The van der Waals surface area contributed by atoms with Gasteiger partial charge >= 0.3 is 0 Å². The second-order valence-electron chi connectivity index (χ2n) is 5.39. The van der Waals surface area contributed by atoms with Gasteiger partial charge in [-0.15, -0.1) is 0 Å². The van der Waals surface area contributed by atoms with Crippen molar-refractivity contribution < 1.29 is 5.11 Å². The van der Waals surface area contributed by atoms with E-state index in [2.05, 4.69) is 10.1 Å². The lowest BCUT2D eigenvalue weighted by Crippen LogP contribution is -2.38. The zero-order chi connectivity index (χ0) is 11.0. The molecule has 1 spiro atoms. The maximum Gasteiger partial charge on any atom is 0.137 e. The van der Waals surface area contributed by atoms with E-state index in [0.29, 0.717) is 11.5 Å². The van der Waals surface area contributed by atoms with E-state index < -0.39 is 0 Å². The number of nitrogens with zero attached hydrogens (tertiary/aromatic N) is 3. The molecule has 4 heteroatoms. The van der Waals surface area contributed by atoms with Crippen molar-refractivity contribution in [3.63, 3.8) is 0 Å². The summed E-state index contributed by atoms with van der Waals surface area (Å²) in [6, 6.07) is 0.362. The van der Waals surface area contributed by atoms with Gasteiger partial charge in [0, 0.05) is 0 Å². The second kappa shape index (κ2) is 3.84. The molecule has 1 N–H and O–H groups in total. The van der Waals surface area contributed by atoms with Gasteiger partial charge in [-0.1, -0.05) is 12.8 Å². The molecular formula is C12H19N3O. The number of aliphatic hydroxyl groups excluding tert-OH is 1. The summed E-state index contributed by atoms with van der Waals surface area (Å²) in [5, 5.41) is 14.1. The fourth-order valence-electron chi connectivity index (χ4n) is 3.68. The summed E-state index contributed by atoms with van der Waals surface area (Å²) >= 11 is 0. The largest absolute Gasteiger partial charge is 0.393 e. The van der Waals surface area contributed by atoms with E-state index in [0.717, 1.165) is 19.3 Å². The van der Waals surface area contributed by atoms with Gasteiger partial charge in [-0.25, -0.2) is 9.67 Å². The van der Waals surface area contributed by atoms with Crippen molar-refractivity contribution in [2.45, 2.75) is 57.1 Å². The van der Waals surface area contributed by atoms with E-state index in [4.69, 9.17) is 0 Å². The zero-order valence-corrected chi connectivity index (χ0v) is 9.55. The van der Waals surface area contributed by atoms with Crippen LogP contribution in [0.2, 0.25) is 0 Å². The first-order valence-corrected chi connectivity index (χ1v) is 6.32. The van der Waals surface area contributed by atoms with Crippen molar-refractivity contribution in [1.29, 1.82) is 0 Å². The van der Waals surface area contributed by atoms with E-state index in [1.807, 2.05) is 11.0 Å². The Morgan fingerprint density at radius 2 is 2.06 bits per heavy atom. The highest BCUT2D eigenvalue weighted by Gasteiger charge is 2.46. The molecule has 0 bridgehead atoms. The first-order valence-electron chi connectivity index (χ1n) is 6.32. The van der Waals surface area contributed by atoms with Gasteiger partial charge in [0.25, 0.3) is 0 Å². The first kappa shape index (κ1) is 10.3. The van der Waals surface area contributed by atoms with Crippen LogP contribution in [0.1, 0.15) is 51.0 Å². The van der Waals surface area contributed by atoms with Crippen LogP contribution in [0.3, 0.4) is 0 Å². The molecule has 1 aromatic heterocycles. The average Bonchev–Trinajstić information content (AvgIpc) is 2.95. The molecule has 4 nitrogen and oxygen atoms in total. The number of rotatable bonds is 1. The van der Waals surface area contributed by atoms with Crippen molar-refractivity contribution in [1.82, 2.24) is 14.8 Å². The fourth-order valence-corrected chi connectivity index (χ4v) is 3.68. The van der Waals surface area contributed by atoms with Crippen LogP contribution in [0.4, 0.5) is 0 Å². The molecule has 0 aliphatic heterocycles. The SMILES string of the molecule is OC1CCC2(CCCC2)C(n2cncn2)C1. The minimum Gasteiger partial charge on any atom is -0.393 e. The third-order valence-electron chi connectivity index (χ3n) is 4.53. The molecule has 1 heterocycles. The molecular weight excluding hydrogens is 202 g/mol. The Morgan fingerprint density at radius 1 is 1.25 bits per heavy atom. The predicted molar refractivity (Wildman–Crippen MR) is 59.8 cm³/mol. The summed E-state index contributed by atoms with van der Waals surface area (Å²) in [6.45, 7) is 0. The number of aromatic nitrogens is 3. The Balaban J connectivity index is 1.91. The van der Waals surface area contributed by atoms with Crippen molar-refractivity contribution in [2.24, 2.45) is 5.41 Å². The van der Waals surface area contributed by atoms with Crippen LogP contribution in [-0.2, 0) is 0 Å². The standard InChI is InChI=1S/C12H19N3O/c16-10-3-6-12(4-1-2-5-12)11(7-10)15-9-13-8-14-15/h8-11,16H,1-7H2. The lowest BCUT2D eigenvalue weighted by molar-refractivity contribution is 0.0123. The molecule has 2 saturated carbocycles. The highest BCUT2D eigenvalue weighted by molar-refractivity contribution is 4.97. The van der Waals surface area contributed by atoms with Crippen LogP contribution in [0, 0.1) is 5.41 Å². The minimum absolute atomic E-state index is 0.152. The van der Waals surface area contributed by atoms with Crippen LogP contribution in [0.25, 0.3) is 0 Å². The number of aliphatic hydroxyl groups is 1. The average molecular weight is 221 g/mol. The van der Waals surface area contributed by atoms with Crippen molar-refractivity contribution in [2.75, 3.05) is 0 Å². The second-order valence-corrected chi connectivity index (χ2v) is 5.39. The molecule has 2 aliphatic carbocycles. The topological polar surface area (TPSA) is 50.9 Å². The summed E-state index contributed by atoms with van der Waals surface area (Å²) in [4.78, 5) is 4.05. The summed E-state index contributed by atoms with van der Waals surface area (Å²) in [6.07, 6.45) is 11.5. The lowest BCUT2D eigenvalue weighted by Gasteiger charge is -2.43. The van der Waals surface area contributed by atoms with Gasteiger partial charge in [-0.05, 0) is 37.5 Å². The maximum atomic E-state index is 9.86. The molecule has 2 atom stereocenters. The Kier molecular flexibility index (Phi) is 2.46. The quantitative estimate of drug-likeness (QED) is 0.788. The van der Waals surface area contributed by atoms with Gasteiger partial charge in [-0.3, -0.25) is 0 Å². The number of hydrogen-bond acceptors (Lipinski definition) is 3. The molecule has 1 aromatic rings. The van der Waals surface area contributed by atoms with E-state index in [9.17, 15) is 5.11 Å². The van der Waals surface area contributed by atoms with E-state index in [1.165, 1.54) is 25.7 Å². The van der Waals surface area contributed by atoms with Gasteiger partial charge in [-0.2, -0.15) is 5.10 Å². The molecule has 3 rings (SSSR count). The highest BCUT2D eigenvalue weighted by Crippen LogP contribution is 2.54. The van der Waals surface area contributed by atoms with Gasteiger partial charge < -0.3 is 5.11 Å². The monoisotopic (exact) mass is 221 g/mol. The fraction of sp³-hybridized carbons (Fsp3) is 0.833. The predicted octanol–water partition coefficient (Wildman–Crippen LogP) is 1.92. The molecule has 0 radical (unpaired) electrons. The van der Waals surface area contributed by atoms with Crippen LogP contribution in [-0.4, -0.2) is 26.0 Å². The third-order valence-corrected chi connectivity index (χ3v) is 4.53. The molecule has 2 fully saturated rings. The normalized spacial score (nSPS) is 33.3.